The van der Waals surface area contributed by atoms with Crippen LogP contribution in [0.5, 0.6) is 0 Å². The number of hydrogen-bond acceptors (Lipinski definition) is 0. The first-order valence-electron chi connectivity index (χ1n) is 3.68. The second kappa shape index (κ2) is 4.04. The van der Waals surface area contributed by atoms with Crippen molar-refractivity contribution in [1.82, 2.24) is 0 Å². The van der Waals surface area contributed by atoms with Gasteiger partial charge in [0.1, 0.15) is 0 Å². The third kappa shape index (κ3) is 4.64. The lowest BCUT2D eigenvalue weighted by atomic mass is 10.4. The van der Waals surface area contributed by atoms with Gasteiger partial charge in [-0.2, -0.15) is 0 Å². The van der Waals surface area contributed by atoms with Gasteiger partial charge in [-0.3, -0.25) is 4.39 Å². The monoisotopic (exact) mass is 148 g/mol. The molecule has 0 aliphatic carbocycles. The summed E-state index contributed by atoms with van der Waals surface area (Å²) in [5, 5.41) is 0. The van der Waals surface area contributed by atoms with Crippen LogP contribution >= 0.6 is 0 Å². The minimum Gasteiger partial charge on any atom is -0.255 e. The zero-order valence-electron chi connectivity index (χ0n) is 6.71. The SMILES string of the molecule is CCCC[Si](C)(C)CF. The van der Waals surface area contributed by atoms with Crippen molar-refractivity contribution in [2.24, 2.45) is 0 Å². The molecule has 0 aromatic carbocycles. The molecule has 56 valence electrons. The molecule has 2 heteroatoms. The molecule has 0 radical (unpaired) electrons. The van der Waals surface area contributed by atoms with Crippen LogP contribution in [0.4, 0.5) is 4.39 Å². The quantitative estimate of drug-likeness (QED) is 0.538. The lowest BCUT2D eigenvalue weighted by molar-refractivity contribution is 0.578. The topological polar surface area (TPSA) is 0 Å². The molecule has 0 fully saturated rings. The first-order valence-corrected chi connectivity index (χ1v) is 7.10. The van der Waals surface area contributed by atoms with Gasteiger partial charge in [-0.25, -0.2) is 0 Å². The molecule has 0 spiro atoms. The van der Waals surface area contributed by atoms with Gasteiger partial charge in [-0.05, 0) is 0 Å². The van der Waals surface area contributed by atoms with Crippen LogP contribution in [0.2, 0.25) is 19.1 Å². The van der Waals surface area contributed by atoms with Gasteiger partial charge in [-0.15, -0.1) is 0 Å². The van der Waals surface area contributed by atoms with Gasteiger partial charge in [0, 0.05) is 0 Å². The fraction of sp³-hybridized carbons (Fsp3) is 1.00. The van der Waals surface area contributed by atoms with Crippen LogP contribution < -0.4 is 0 Å². The Labute approximate surface area is 58.5 Å². The van der Waals surface area contributed by atoms with Gasteiger partial charge in [0.2, 0.25) is 0 Å². The summed E-state index contributed by atoms with van der Waals surface area (Å²) >= 11 is 0. The minimum absolute atomic E-state index is 0.0486. The average molecular weight is 148 g/mol. The third-order valence-electron chi connectivity index (χ3n) is 1.57. The lowest BCUT2D eigenvalue weighted by Gasteiger charge is -2.16. The Bertz CT molecular complexity index is 71.3. The molecular weight excluding hydrogens is 131 g/mol. The van der Waals surface area contributed by atoms with Gasteiger partial charge in [0.25, 0.3) is 0 Å². The molecule has 0 aliphatic heterocycles. The van der Waals surface area contributed by atoms with E-state index in [2.05, 4.69) is 20.0 Å². The standard InChI is InChI=1S/C7H17FSi/c1-4-5-6-9(2,3)7-8/h4-7H2,1-3H3. The molecular formula is C7H17FSi. The zero-order chi connectivity index (χ0) is 7.33. The van der Waals surface area contributed by atoms with E-state index in [0.29, 0.717) is 0 Å². The summed E-state index contributed by atoms with van der Waals surface area (Å²) in [5.41, 5.74) is 0. The van der Waals surface area contributed by atoms with Crippen molar-refractivity contribution < 1.29 is 4.39 Å². The van der Waals surface area contributed by atoms with Crippen LogP contribution in [-0.4, -0.2) is 14.4 Å². The number of halogens is 1. The van der Waals surface area contributed by atoms with Crippen LogP contribution in [-0.2, 0) is 0 Å². The molecule has 0 saturated heterocycles. The predicted octanol–water partition coefficient (Wildman–Crippen LogP) is 3.00. The summed E-state index contributed by atoms with van der Waals surface area (Å²) in [6, 6.07) is 1.15. The smallest absolute Gasteiger partial charge is 0.0843 e. The Morgan fingerprint density at radius 1 is 1.33 bits per heavy atom. The van der Waals surface area contributed by atoms with Crippen molar-refractivity contribution in [3.8, 4) is 0 Å². The number of alkyl halides is 1. The fourth-order valence-electron chi connectivity index (χ4n) is 0.722. The highest BCUT2D eigenvalue weighted by molar-refractivity contribution is 6.77. The molecule has 0 amide bonds. The first kappa shape index (κ1) is 9.15. The van der Waals surface area contributed by atoms with E-state index in [9.17, 15) is 4.39 Å². The van der Waals surface area contributed by atoms with Gasteiger partial charge < -0.3 is 0 Å². The Hall–Kier alpha value is 0.147. The summed E-state index contributed by atoms with van der Waals surface area (Å²) < 4.78 is 12.2. The Morgan fingerprint density at radius 2 is 1.89 bits per heavy atom. The summed E-state index contributed by atoms with van der Waals surface area (Å²) in [5.74, 6) is 0. The van der Waals surface area contributed by atoms with Crippen molar-refractivity contribution >= 4 is 8.07 Å². The van der Waals surface area contributed by atoms with Gasteiger partial charge >= 0.3 is 0 Å². The van der Waals surface area contributed by atoms with Gasteiger partial charge in [0.05, 0.1) is 14.4 Å². The Kier molecular flexibility index (Phi) is 4.11. The Balaban J connectivity index is 3.33. The molecule has 0 aromatic rings. The average Bonchev–Trinajstić information content (AvgIpc) is 1.84. The van der Waals surface area contributed by atoms with Crippen LogP contribution in [0.3, 0.4) is 0 Å². The van der Waals surface area contributed by atoms with E-state index < -0.39 is 8.07 Å². The van der Waals surface area contributed by atoms with Crippen molar-refractivity contribution in [3.63, 3.8) is 0 Å². The summed E-state index contributed by atoms with van der Waals surface area (Å²) in [4.78, 5) is 0. The molecule has 0 bridgehead atoms. The fourth-order valence-corrected chi connectivity index (χ4v) is 2.17. The number of unbranched alkanes of at least 4 members (excludes halogenated alkanes) is 1. The van der Waals surface area contributed by atoms with E-state index in [1.165, 1.54) is 12.8 Å². The number of rotatable bonds is 4. The van der Waals surface area contributed by atoms with Crippen molar-refractivity contribution in [1.29, 1.82) is 0 Å². The predicted molar refractivity (Wildman–Crippen MR) is 43.2 cm³/mol. The van der Waals surface area contributed by atoms with E-state index in [-0.39, 0.29) is 6.30 Å². The maximum Gasteiger partial charge on any atom is 0.0843 e. The summed E-state index contributed by atoms with van der Waals surface area (Å²) in [6.45, 7) is 6.38. The summed E-state index contributed by atoms with van der Waals surface area (Å²) in [6.07, 6.45) is 2.37. The van der Waals surface area contributed by atoms with E-state index in [4.69, 9.17) is 0 Å². The van der Waals surface area contributed by atoms with Gasteiger partial charge in [0.15, 0.2) is 0 Å². The molecule has 0 saturated carbocycles. The van der Waals surface area contributed by atoms with E-state index in [1.54, 1.807) is 0 Å². The molecule has 0 N–H and O–H groups in total. The van der Waals surface area contributed by atoms with Crippen LogP contribution in [0.25, 0.3) is 0 Å². The molecule has 0 aliphatic rings. The maximum absolute atomic E-state index is 12.2. The van der Waals surface area contributed by atoms with Crippen molar-refractivity contribution in [2.75, 3.05) is 6.30 Å². The zero-order valence-corrected chi connectivity index (χ0v) is 7.71. The van der Waals surface area contributed by atoms with E-state index in [0.717, 1.165) is 6.04 Å². The second-order valence-corrected chi connectivity index (χ2v) is 8.50. The molecule has 0 aromatic heterocycles. The molecule has 9 heavy (non-hydrogen) atoms. The van der Waals surface area contributed by atoms with Crippen LogP contribution in [0.1, 0.15) is 19.8 Å². The first-order chi connectivity index (χ1) is 4.12. The van der Waals surface area contributed by atoms with Gasteiger partial charge in [-0.1, -0.05) is 38.9 Å². The van der Waals surface area contributed by atoms with Crippen molar-refractivity contribution in [3.05, 3.63) is 0 Å². The molecule has 0 nitrogen and oxygen atoms in total. The van der Waals surface area contributed by atoms with E-state index in [1.807, 2.05) is 0 Å². The largest absolute Gasteiger partial charge is 0.255 e. The third-order valence-corrected chi connectivity index (χ3v) is 4.00. The molecule has 0 rings (SSSR count). The molecule has 0 heterocycles. The second-order valence-electron chi connectivity index (χ2n) is 3.40. The van der Waals surface area contributed by atoms with Crippen LogP contribution in [0, 0.1) is 0 Å². The van der Waals surface area contributed by atoms with Crippen molar-refractivity contribution in [2.45, 2.75) is 38.9 Å². The lowest BCUT2D eigenvalue weighted by Crippen LogP contribution is -2.28. The highest BCUT2D eigenvalue weighted by Gasteiger charge is 2.18. The normalized spacial score (nSPS) is 12.0. The Morgan fingerprint density at radius 3 is 2.22 bits per heavy atom. The molecule has 0 unspecified atom stereocenters. The van der Waals surface area contributed by atoms with E-state index >= 15 is 0 Å². The van der Waals surface area contributed by atoms with Crippen LogP contribution in [0.15, 0.2) is 0 Å². The highest BCUT2D eigenvalue weighted by atomic mass is 28.3. The molecule has 0 atom stereocenters. The summed E-state index contributed by atoms with van der Waals surface area (Å²) in [7, 11) is -1.36. The minimum atomic E-state index is -1.36. The highest BCUT2D eigenvalue weighted by Crippen LogP contribution is 2.13. The number of hydrogen-bond donors (Lipinski definition) is 0. The maximum atomic E-state index is 12.2.